The molecular weight excluding hydrogens is 260 g/mol. The molecule has 0 radical (unpaired) electrons. The van der Waals surface area contributed by atoms with E-state index in [1.54, 1.807) is 0 Å². The molecule has 5 heteroatoms. The predicted octanol–water partition coefficient (Wildman–Crippen LogP) is 1.67. The minimum atomic E-state index is -3.20. The van der Waals surface area contributed by atoms with Crippen LogP contribution in [0.4, 0.5) is 0 Å². The van der Waals surface area contributed by atoms with Crippen LogP contribution in [0.2, 0.25) is 0 Å². The SMILES string of the molecule is CCCNCCS(=O)(=O)NCc1ccccc1CC. The average molecular weight is 284 g/mol. The van der Waals surface area contributed by atoms with Crippen molar-refractivity contribution in [1.29, 1.82) is 0 Å². The highest BCUT2D eigenvalue weighted by Crippen LogP contribution is 2.09. The maximum Gasteiger partial charge on any atom is 0.213 e. The van der Waals surface area contributed by atoms with Gasteiger partial charge in [0.1, 0.15) is 0 Å². The number of rotatable bonds is 9. The third-order valence-electron chi connectivity index (χ3n) is 2.96. The molecule has 0 aromatic heterocycles. The Balaban J connectivity index is 2.46. The van der Waals surface area contributed by atoms with Gasteiger partial charge >= 0.3 is 0 Å². The van der Waals surface area contributed by atoms with Gasteiger partial charge in [-0.25, -0.2) is 13.1 Å². The quantitative estimate of drug-likeness (QED) is 0.678. The Bertz CT molecular complexity index is 472. The fraction of sp³-hybridized carbons (Fsp3) is 0.571. The molecule has 0 atom stereocenters. The van der Waals surface area contributed by atoms with E-state index in [1.165, 1.54) is 5.56 Å². The van der Waals surface area contributed by atoms with E-state index in [1.807, 2.05) is 24.3 Å². The maximum absolute atomic E-state index is 11.8. The normalized spacial score (nSPS) is 11.7. The molecular formula is C14H24N2O2S. The van der Waals surface area contributed by atoms with Gasteiger partial charge in [-0.3, -0.25) is 0 Å². The summed E-state index contributed by atoms with van der Waals surface area (Å²) in [6, 6.07) is 7.92. The lowest BCUT2D eigenvalue weighted by Gasteiger charge is -2.10. The topological polar surface area (TPSA) is 58.2 Å². The molecule has 0 heterocycles. The number of benzene rings is 1. The molecule has 0 saturated carbocycles. The Morgan fingerprint density at radius 2 is 1.74 bits per heavy atom. The molecule has 0 amide bonds. The van der Waals surface area contributed by atoms with Crippen LogP contribution < -0.4 is 10.0 Å². The minimum absolute atomic E-state index is 0.126. The van der Waals surface area contributed by atoms with Crippen molar-refractivity contribution in [1.82, 2.24) is 10.0 Å². The highest BCUT2D eigenvalue weighted by Gasteiger charge is 2.10. The predicted molar refractivity (Wildman–Crippen MR) is 79.6 cm³/mol. The van der Waals surface area contributed by atoms with Crippen LogP contribution in [-0.2, 0) is 23.0 Å². The maximum atomic E-state index is 11.8. The van der Waals surface area contributed by atoms with E-state index in [4.69, 9.17) is 0 Å². The van der Waals surface area contributed by atoms with E-state index in [0.29, 0.717) is 13.1 Å². The Hall–Kier alpha value is -0.910. The first kappa shape index (κ1) is 16.1. The molecule has 2 N–H and O–H groups in total. The second-order valence-electron chi connectivity index (χ2n) is 4.51. The van der Waals surface area contributed by atoms with Crippen molar-refractivity contribution in [3.63, 3.8) is 0 Å². The van der Waals surface area contributed by atoms with E-state index in [0.717, 1.165) is 24.9 Å². The van der Waals surface area contributed by atoms with Gasteiger partial charge < -0.3 is 5.32 Å². The smallest absolute Gasteiger partial charge is 0.213 e. The standard InChI is InChI=1S/C14H24N2O2S/c1-3-9-15-10-11-19(17,18)16-12-14-8-6-5-7-13(14)4-2/h5-8,15-16H,3-4,9-12H2,1-2H3. The first-order valence-electron chi connectivity index (χ1n) is 6.84. The van der Waals surface area contributed by atoms with Crippen LogP contribution in [0, 0.1) is 0 Å². The van der Waals surface area contributed by atoms with Crippen molar-refractivity contribution in [2.45, 2.75) is 33.2 Å². The van der Waals surface area contributed by atoms with Crippen LogP contribution in [0.1, 0.15) is 31.4 Å². The zero-order chi connectivity index (χ0) is 14.1. The van der Waals surface area contributed by atoms with E-state index in [9.17, 15) is 8.42 Å². The van der Waals surface area contributed by atoms with Crippen LogP contribution in [0.5, 0.6) is 0 Å². The fourth-order valence-corrected chi connectivity index (χ4v) is 2.78. The molecule has 0 unspecified atom stereocenters. The summed E-state index contributed by atoms with van der Waals surface area (Å²) in [6.07, 6.45) is 1.92. The molecule has 4 nitrogen and oxygen atoms in total. The first-order valence-corrected chi connectivity index (χ1v) is 8.49. The Kier molecular flexibility index (Phi) is 7.05. The summed E-state index contributed by atoms with van der Waals surface area (Å²) < 4.78 is 26.3. The summed E-state index contributed by atoms with van der Waals surface area (Å²) in [5.74, 6) is 0.126. The third kappa shape index (κ3) is 6.18. The average Bonchev–Trinajstić information content (AvgIpc) is 2.42. The summed E-state index contributed by atoms with van der Waals surface area (Å²) in [6.45, 7) is 5.86. The zero-order valence-electron chi connectivity index (χ0n) is 11.8. The third-order valence-corrected chi connectivity index (χ3v) is 4.28. The lowest BCUT2D eigenvalue weighted by molar-refractivity contribution is 0.575. The Morgan fingerprint density at radius 3 is 2.37 bits per heavy atom. The minimum Gasteiger partial charge on any atom is -0.316 e. The first-order chi connectivity index (χ1) is 9.09. The summed E-state index contributed by atoms with van der Waals surface area (Å²) in [4.78, 5) is 0. The highest BCUT2D eigenvalue weighted by atomic mass is 32.2. The van der Waals surface area contributed by atoms with Crippen molar-refractivity contribution >= 4 is 10.0 Å². The molecule has 1 rings (SSSR count). The summed E-state index contributed by atoms with van der Waals surface area (Å²) >= 11 is 0. The molecule has 0 saturated heterocycles. The van der Waals surface area contributed by atoms with Crippen molar-refractivity contribution in [3.05, 3.63) is 35.4 Å². The molecule has 0 spiro atoms. The molecule has 0 aliphatic carbocycles. The summed E-state index contributed by atoms with van der Waals surface area (Å²) in [5.41, 5.74) is 2.24. The molecule has 108 valence electrons. The van der Waals surface area contributed by atoms with Gasteiger partial charge in [-0.1, -0.05) is 38.1 Å². The van der Waals surface area contributed by atoms with Crippen molar-refractivity contribution in [2.24, 2.45) is 0 Å². The van der Waals surface area contributed by atoms with Crippen molar-refractivity contribution < 1.29 is 8.42 Å². The highest BCUT2D eigenvalue weighted by molar-refractivity contribution is 7.89. The van der Waals surface area contributed by atoms with Crippen LogP contribution in [-0.4, -0.2) is 27.3 Å². The fourth-order valence-electron chi connectivity index (χ4n) is 1.84. The van der Waals surface area contributed by atoms with Crippen LogP contribution in [0.25, 0.3) is 0 Å². The number of sulfonamides is 1. The lowest BCUT2D eigenvalue weighted by Crippen LogP contribution is -2.32. The summed E-state index contributed by atoms with van der Waals surface area (Å²) in [7, 11) is -3.20. The van der Waals surface area contributed by atoms with Gasteiger partial charge in [0.05, 0.1) is 5.75 Å². The van der Waals surface area contributed by atoms with Gasteiger partial charge in [0.15, 0.2) is 0 Å². The second-order valence-corrected chi connectivity index (χ2v) is 6.44. The molecule has 0 fully saturated rings. The van der Waals surface area contributed by atoms with Crippen LogP contribution in [0.3, 0.4) is 0 Å². The van der Waals surface area contributed by atoms with Gasteiger partial charge in [0.2, 0.25) is 10.0 Å². The molecule has 1 aromatic carbocycles. The zero-order valence-corrected chi connectivity index (χ0v) is 12.6. The molecule has 0 bridgehead atoms. The van der Waals surface area contributed by atoms with E-state index >= 15 is 0 Å². The lowest BCUT2D eigenvalue weighted by atomic mass is 10.1. The Morgan fingerprint density at radius 1 is 1.05 bits per heavy atom. The van der Waals surface area contributed by atoms with Crippen molar-refractivity contribution in [2.75, 3.05) is 18.8 Å². The van der Waals surface area contributed by atoms with E-state index in [2.05, 4.69) is 23.9 Å². The molecule has 19 heavy (non-hydrogen) atoms. The second kappa shape index (κ2) is 8.30. The number of hydrogen-bond donors (Lipinski definition) is 2. The number of aryl methyl sites for hydroxylation is 1. The summed E-state index contributed by atoms with van der Waals surface area (Å²) in [5, 5.41) is 3.09. The van der Waals surface area contributed by atoms with E-state index in [-0.39, 0.29) is 5.75 Å². The van der Waals surface area contributed by atoms with Gasteiger partial charge in [0.25, 0.3) is 0 Å². The van der Waals surface area contributed by atoms with Crippen LogP contribution >= 0.6 is 0 Å². The molecule has 0 aliphatic heterocycles. The number of hydrogen-bond acceptors (Lipinski definition) is 3. The monoisotopic (exact) mass is 284 g/mol. The number of nitrogens with one attached hydrogen (secondary N) is 2. The van der Waals surface area contributed by atoms with Crippen LogP contribution in [0.15, 0.2) is 24.3 Å². The Labute approximate surface area is 116 Å². The molecule has 0 aliphatic rings. The van der Waals surface area contributed by atoms with Gasteiger partial charge in [-0.05, 0) is 30.5 Å². The largest absolute Gasteiger partial charge is 0.316 e. The van der Waals surface area contributed by atoms with Crippen molar-refractivity contribution in [3.8, 4) is 0 Å². The van der Waals surface area contributed by atoms with Gasteiger partial charge in [-0.15, -0.1) is 0 Å². The van der Waals surface area contributed by atoms with Gasteiger partial charge in [0, 0.05) is 13.1 Å². The molecule has 1 aromatic rings. The van der Waals surface area contributed by atoms with Gasteiger partial charge in [-0.2, -0.15) is 0 Å². The van der Waals surface area contributed by atoms with E-state index < -0.39 is 10.0 Å².